The van der Waals surface area contributed by atoms with Gasteiger partial charge in [-0.3, -0.25) is 20.4 Å². The first-order valence-electron chi connectivity index (χ1n) is 10.0. The molecule has 0 spiro atoms. The van der Waals surface area contributed by atoms with Crippen LogP contribution in [0.15, 0.2) is 72.8 Å². The zero-order valence-corrected chi connectivity index (χ0v) is 17.2. The van der Waals surface area contributed by atoms with Crippen molar-refractivity contribution in [1.29, 1.82) is 0 Å². The molecule has 3 aromatic carbocycles. The molecule has 0 heterocycles. The van der Waals surface area contributed by atoms with Crippen molar-refractivity contribution in [2.45, 2.75) is 20.3 Å². The Morgan fingerprint density at radius 3 is 2.43 bits per heavy atom. The molecule has 0 radical (unpaired) electrons. The highest BCUT2D eigenvalue weighted by Crippen LogP contribution is 2.19. The second kappa shape index (κ2) is 10.3. The molecule has 3 aromatic rings. The van der Waals surface area contributed by atoms with Gasteiger partial charge in [-0.25, -0.2) is 0 Å². The van der Waals surface area contributed by atoms with Gasteiger partial charge in [-0.2, -0.15) is 0 Å². The lowest BCUT2D eigenvalue weighted by Crippen LogP contribution is -2.40. The number of nitrogens with one attached hydrogen (secondary N) is 2. The molecule has 0 saturated carbocycles. The zero-order valence-electron chi connectivity index (χ0n) is 17.2. The number of hydrazine groups is 1. The van der Waals surface area contributed by atoms with Crippen molar-refractivity contribution in [3.63, 3.8) is 0 Å². The summed E-state index contributed by atoms with van der Waals surface area (Å²) in [6.45, 7) is 4.92. The van der Waals surface area contributed by atoms with Crippen molar-refractivity contribution in [3.05, 3.63) is 83.9 Å². The van der Waals surface area contributed by atoms with Gasteiger partial charge in [0.05, 0.1) is 6.61 Å². The highest BCUT2D eigenvalue weighted by Gasteiger charge is 2.07. The minimum Gasteiger partial charge on any atom is -0.494 e. The van der Waals surface area contributed by atoms with Gasteiger partial charge in [0.15, 0.2) is 0 Å². The van der Waals surface area contributed by atoms with E-state index in [9.17, 15) is 9.59 Å². The van der Waals surface area contributed by atoms with E-state index in [0.717, 1.165) is 22.8 Å². The van der Waals surface area contributed by atoms with Crippen molar-refractivity contribution in [2.24, 2.45) is 5.92 Å². The molecule has 0 aliphatic heterocycles. The summed E-state index contributed by atoms with van der Waals surface area (Å²) in [6.07, 6.45) is 4.10. The van der Waals surface area contributed by atoms with E-state index < -0.39 is 11.8 Å². The molecule has 30 heavy (non-hydrogen) atoms. The van der Waals surface area contributed by atoms with Crippen molar-refractivity contribution in [1.82, 2.24) is 10.9 Å². The summed E-state index contributed by atoms with van der Waals surface area (Å²) in [6, 6.07) is 20.7. The molecular formula is C25H26N2O3. The molecule has 0 unspecified atom stereocenters. The van der Waals surface area contributed by atoms with Gasteiger partial charge in [-0.1, -0.05) is 56.3 Å². The van der Waals surface area contributed by atoms with Gasteiger partial charge in [0, 0.05) is 11.6 Å². The van der Waals surface area contributed by atoms with Crippen molar-refractivity contribution >= 4 is 28.7 Å². The van der Waals surface area contributed by atoms with Crippen LogP contribution in [0.2, 0.25) is 0 Å². The van der Waals surface area contributed by atoms with Crippen LogP contribution in [0.4, 0.5) is 0 Å². The third kappa shape index (κ3) is 5.95. The maximum Gasteiger partial charge on any atom is 0.269 e. The first-order valence-corrected chi connectivity index (χ1v) is 10.0. The first-order chi connectivity index (χ1) is 14.5. The monoisotopic (exact) mass is 402 g/mol. The van der Waals surface area contributed by atoms with E-state index in [4.69, 9.17) is 4.74 Å². The molecular weight excluding hydrogens is 376 g/mol. The van der Waals surface area contributed by atoms with E-state index in [0.29, 0.717) is 23.8 Å². The number of hydrogen-bond acceptors (Lipinski definition) is 3. The number of benzene rings is 3. The summed E-state index contributed by atoms with van der Waals surface area (Å²) in [5.74, 6) is 0.489. The Bertz CT molecular complexity index is 1030. The number of fused-ring (bicyclic) bond motifs is 1. The molecule has 0 fully saturated rings. The van der Waals surface area contributed by atoms with Gasteiger partial charge >= 0.3 is 0 Å². The van der Waals surface area contributed by atoms with E-state index in [1.807, 2.05) is 42.5 Å². The third-order valence-corrected chi connectivity index (χ3v) is 4.62. The van der Waals surface area contributed by atoms with Gasteiger partial charge in [-0.15, -0.1) is 0 Å². The van der Waals surface area contributed by atoms with Crippen LogP contribution in [0.1, 0.15) is 36.2 Å². The van der Waals surface area contributed by atoms with Gasteiger partial charge in [0.25, 0.3) is 11.8 Å². The van der Waals surface area contributed by atoms with Crippen LogP contribution in [0.25, 0.3) is 16.8 Å². The fourth-order valence-corrected chi connectivity index (χ4v) is 2.91. The predicted molar refractivity (Wildman–Crippen MR) is 120 cm³/mol. The van der Waals surface area contributed by atoms with Gasteiger partial charge in [0.2, 0.25) is 0 Å². The standard InChI is InChI=1S/C25H26N2O3/c1-18(2)16-17-30-22-13-10-21(11-14-22)25(29)27-26-24(28)15-12-20-8-5-7-19-6-3-4-9-23(19)20/h3-15,18H,16-17H2,1-2H3,(H,26,28)(H,27,29)/b15-12+. The van der Waals surface area contributed by atoms with Crippen LogP contribution >= 0.6 is 0 Å². The Morgan fingerprint density at radius 1 is 0.933 bits per heavy atom. The quantitative estimate of drug-likeness (QED) is 0.443. The topological polar surface area (TPSA) is 67.4 Å². The molecule has 0 aliphatic carbocycles. The summed E-state index contributed by atoms with van der Waals surface area (Å²) in [4.78, 5) is 24.3. The van der Waals surface area contributed by atoms with E-state index in [1.54, 1.807) is 30.3 Å². The second-order valence-electron chi connectivity index (χ2n) is 7.40. The Hall–Kier alpha value is -3.60. The lowest BCUT2D eigenvalue weighted by atomic mass is 10.0. The Morgan fingerprint density at radius 2 is 1.67 bits per heavy atom. The smallest absolute Gasteiger partial charge is 0.269 e. The SMILES string of the molecule is CC(C)CCOc1ccc(C(=O)NNC(=O)/C=C/c2cccc3ccccc23)cc1. The van der Waals surface area contributed by atoms with Crippen LogP contribution < -0.4 is 15.6 Å². The summed E-state index contributed by atoms with van der Waals surface area (Å²) < 4.78 is 5.64. The summed E-state index contributed by atoms with van der Waals surface area (Å²) in [5.41, 5.74) is 6.19. The second-order valence-corrected chi connectivity index (χ2v) is 7.40. The summed E-state index contributed by atoms with van der Waals surface area (Å²) in [5, 5.41) is 2.16. The highest BCUT2D eigenvalue weighted by atomic mass is 16.5. The molecule has 5 heteroatoms. The molecule has 0 saturated heterocycles. The largest absolute Gasteiger partial charge is 0.494 e. The molecule has 0 aromatic heterocycles. The molecule has 154 valence electrons. The van der Waals surface area contributed by atoms with Gasteiger partial charge in [-0.05, 0) is 59.0 Å². The van der Waals surface area contributed by atoms with E-state index in [-0.39, 0.29) is 0 Å². The van der Waals surface area contributed by atoms with Crippen LogP contribution in [-0.2, 0) is 4.79 Å². The molecule has 3 rings (SSSR count). The van der Waals surface area contributed by atoms with E-state index >= 15 is 0 Å². The molecule has 5 nitrogen and oxygen atoms in total. The fourth-order valence-electron chi connectivity index (χ4n) is 2.91. The number of carbonyl (C=O) groups is 2. The van der Waals surface area contributed by atoms with Crippen LogP contribution in [0.5, 0.6) is 5.75 Å². The van der Waals surface area contributed by atoms with Crippen molar-refractivity contribution < 1.29 is 14.3 Å². The maximum atomic E-state index is 12.2. The first kappa shape index (κ1) is 21.1. The maximum absolute atomic E-state index is 12.2. The lowest BCUT2D eigenvalue weighted by Gasteiger charge is -2.09. The van der Waals surface area contributed by atoms with Crippen molar-refractivity contribution in [2.75, 3.05) is 6.61 Å². The van der Waals surface area contributed by atoms with Crippen LogP contribution in [0, 0.1) is 5.92 Å². The average Bonchev–Trinajstić information content (AvgIpc) is 2.76. The number of ether oxygens (including phenoxy) is 1. The highest BCUT2D eigenvalue weighted by molar-refractivity contribution is 5.99. The minimum absolute atomic E-state index is 0.393. The molecule has 0 aliphatic rings. The minimum atomic E-state index is -0.412. The molecule has 2 amide bonds. The van der Waals surface area contributed by atoms with E-state index in [2.05, 4.69) is 24.7 Å². The lowest BCUT2D eigenvalue weighted by molar-refractivity contribution is -0.117. The number of rotatable bonds is 7. The predicted octanol–water partition coefficient (Wildman–Crippen LogP) is 4.74. The zero-order chi connectivity index (χ0) is 21.3. The number of hydrogen-bond donors (Lipinski definition) is 2. The molecule has 0 atom stereocenters. The Kier molecular flexibility index (Phi) is 7.22. The normalized spacial score (nSPS) is 11.0. The Balaban J connectivity index is 1.51. The summed E-state index contributed by atoms with van der Waals surface area (Å²) >= 11 is 0. The van der Waals surface area contributed by atoms with Crippen LogP contribution in [0.3, 0.4) is 0 Å². The van der Waals surface area contributed by atoms with E-state index in [1.165, 1.54) is 6.08 Å². The number of amides is 2. The number of carbonyl (C=O) groups excluding carboxylic acids is 2. The Labute approximate surface area is 176 Å². The molecule has 2 N–H and O–H groups in total. The van der Waals surface area contributed by atoms with Crippen molar-refractivity contribution in [3.8, 4) is 5.75 Å². The fraction of sp³-hybridized carbons (Fsp3) is 0.200. The average molecular weight is 402 g/mol. The molecule has 0 bridgehead atoms. The summed E-state index contributed by atoms with van der Waals surface area (Å²) in [7, 11) is 0. The third-order valence-electron chi connectivity index (χ3n) is 4.62. The van der Waals surface area contributed by atoms with Gasteiger partial charge < -0.3 is 4.74 Å². The van der Waals surface area contributed by atoms with Gasteiger partial charge in [0.1, 0.15) is 5.75 Å². The van der Waals surface area contributed by atoms with Crippen LogP contribution in [-0.4, -0.2) is 18.4 Å².